The Kier molecular flexibility index (Phi) is 10.5. The Morgan fingerprint density at radius 2 is 1.87 bits per heavy atom. The quantitative estimate of drug-likeness (QED) is 0.301. The lowest BCUT2D eigenvalue weighted by atomic mass is 9.84. The van der Waals surface area contributed by atoms with E-state index in [9.17, 15) is 24.0 Å². The van der Waals surface area contributed by atoms with Crippen molar-refractivity contribution < 1.29 is 28.8 Å². The molecule has 2 N–H and O–H groups in total. The van der Waals surface area contributed by atoms with Gasteiger partial charge in [0.1, 0.15) is 12.1 Å². The highest BCUT2D eigenvalue weighted by atomic mass is 35.5. The van der Waals surface area contributed by atoms with Crippen LogP contribution >= 0.6 is 11.6 Å². The number of nitrogens with one attached hydrogen (secondary N) is 2. The van der Waals surface area contributed by atoms with Crippen LogP contribution in [0.5, 0.6) is 0 Å². The first-order valence-electron chi connectivity index (χ1n) is 17.2. The molecule has 1 aromatic carbocycles. The minimum atomic E-state index is -1.01. The number of amides is 3. The van der Waals surface area contributed by atoms with Crippen LogP contribution in [0.2, 0.25) is 5.02 Å². The van der Waals surface area contributed by atoms with E-state index < -0.39 is 52.5 Å². The molecule has 0 aromatic heterocycles. The molecule has 47 heavy (non-hydrogen) atoms. The maximum Gasteiger partial charge on any atom is 0.246 e. The Balaban J connectivity index is 1.39. The van der Waals surface area contributed by atoms with Crippen molar-refractivity contribution >= 4 is 46.6 Å². The molecule has 1 saturated heterocycles. The number of ketones is 2. The normalized spacial score (nSPS) is 27.7. The topological polar surface area (TPSA) is 134 Å². The van der Waals surface area contributed by atoms with E-state index in [1.54, 1.807) is 19.1 Å². The summed E-state index contributed by atoms with van der Waals surface area (Å²) in [7, 11) is 0. The average Bonchev–Trinajstić information content (AvgIpc) is 3.83. The highest BCUT2D eigenvalue weighted by molar-refractivity contribution is 6.39. The number of benzene rings is 1. The molecule has 2 saturated carbocycles. The summed E-state index contributed by atoms with van der Waals surface area (Å²) in [5.41, 5.74) is -0.216. The van der Waals surface area contributed by atoms with Crippen LogP contribution in [-0.4, -0.2) is 70.2 Å². The van der Waals surface area contributed by atoms with E-state index in [2.05, 4.69) is 15.8 Å². The standard InChI is InChI=1S/C36H49ClN4O6/c1-6-9-26(31(44)29(42)7-2)38-33(45)28-19-36(18-27(40-47-36)23-10-8-11-25(37)16-23)20-41(28)34(46)32(35(3,4)5)39-30(43)17-24-15-21-12-13-22(24)14-21/h8,10-11,16,21-22,24,26,28,32H,6-7,9,12-15,17-20H2,1-5H3,(H,38,45)(H,39,43)/t21?,22?,24?,26-,28-,32+,36+/m0/s1. The molecule has 2 aliphatic carbocycles. The molecule has 1 aromatic rings. The number of carbonyl (C=O) groups is 5. The molecule has 3 fully saturated rings. The summed E-state index contributed by atoms with van der Waals surface area (Å²) in [6.07, 6.45) is 6.43. The van der Waals surface area contributed by atoms with Gasteiger partial charge in [0.05, 0.1) is 18.3 Å². The number of hydrogen-bond acceptors (Lipinski definition) is 7. The minimum Gasteiger partial charge on any atom is -0.387 e. The summed E-state index contributed by atoms with van der Waals surface area (Å²) in [6, 6.07) is 4.36. The van der Waals surface area contributed by atoms with E-state index in [1.807, 2.05) is 39.8 Å². The largest absolute Gasteiger partial charge is 0.387 e. The molecule has 10 nitrogen and oxygen atoms in total. The van der Waals surface area contributed by atoms with Gasteiger partial charge in [0.2, 0.25) is 23.5 Å². The number of oxime groups is 1. The lowest BCUT2D eigenvalue weighted by Crippen LogP contribution is -2.59. The van der Waals surface area contributed by atoms with E-state index in [-0.39, 0.29) is 25.3 Å². The average molecular weight is 669 g/mol. The third-order valence-corrected chi connectivity index (χ3v) is 10.8. The van der Waals surface area contributed by atoms with E-state index in [0.717, 1.165) is 12.0 Å². The third-order valence-electron chi connectivity index (χ3n) is 10.5. The Morgan fingerprint density at radius 3 is 2.49 bits per heavy atom. The highest BCUT2D eigenvalue weighted by Crippen LogP contribution is 2.49. The van der Waals surface area contributed by atoms with E-state index in [4.69, 9.17) is 16.4 Å². The summed E-state index contributed by atoms with van der Waals surface area (Å²) >= 11 is 6.24. The predicted octanol–water partition coefficient (Wildman–Crippen LogP) is 4.99. The van der Waals surface area contributed by atoms with Gasteiger partial charge >= 0.3 is 0 Å². The van der Waals surface area contributed by atoms with Crippen molar-refractivity contribution in [2.75, 3.05) is 6.54 Å². The molecule has 0 radical (unpaired) electrons. The van der Waals surface area contributed by atoms with Crippen LogP contribution in [-0.2, 0) is 28.8 Å². The SMILES string of the molecule is CCC[C@H](NC(=O)[C@@H]1C[C@]2(CC(c3cccc(Cl)c3)=NO2)CN1C(=O)[C@@H](NC(=O)CC1CC2CCC1C2)C(C)(C)C)C(=O)C(=O)CC. The van der Waals surface area contributed by atoms with Crippen molar-refractivity contribution in [3.05, 3.63) is 34.9 Å². The number of hydrogen-bond donors (Lipinski definition) is 2. The van der Waals surface area contributed by atoms with Gasteiger partial charge in [-0.2, -0.15) is 0 Å². The first-order chi connectivity index (χ1) is 22.2. The molecule has 5 rings (SSSR count). The number of halogens is 1. The van der Waals surface area contributed by atoms with Crippen LogP contribution in [0.4, 0.5) is 0 Å². The Bertz CT molecular complexity index is 1440. The van der Waals surface area contributed by atoms with Crippen molar-refractivity contribution in [2.45, 2.75) is 123 Å². The number of carbonyl (C=O) groups excluding carboxylic acids is 5. The van der Waals surface area contributed by atoms with Gasteiger partial charge in [0.15, 0.2) is 11.4 Å². The van der Waals surface area contributed by atoms with Crippen LogP contribution in [0.1, 0.15) is 104 Å². The van der Waals surface area contributed by atoms with Gasteiger partial charge in [-0.1, -0.05) is 76.3 Å². The van der Waals surface area contributed by atoms with Gasteiger partial charge in [-0.05, 0) is 61.0 Å². The fourth-order valence-electron chi connectivity index (χ4n) is 8.05. The smallest absolute Gasteiger partial charge is 0.246 e. The van der Waals surface area contributed by atoms with E-state index in [0.29, 0.717) is 54.2 Å². The maximum atomic E-state index is 14.5. The molecule has 11 heteroatoms. The van der Waals surface area contributed by atoms with Gasteiger partial charge < -0.3 is 20.4 Å². The first kappa shape index (κ1) is 35.0. The van der Waals surface area contributed by atoms with Crippen molar-refractivity contribution in [3.8, 4) is 0 Å². The summed E-state index contributed by atoms with van der Waals surface area (Å²) in [4.78, 5) is 74.8. The summed E-state index contributed by atoms with van der Waals surface area (Å²) < 4.78 is 0. The highest BCUT2D eigenvalue weighted by Gasteiger charge is 2.56. The van der Waals surface area contributed by atoms with Gasteiger partial charge in [-0.3, -0.25) is 24.0 Å². The van der Waals surface area contributed by atoms with Crippen molar-refractivity contribution in [2.24, 2.45) is 28.3 Å². The fraction of sp³-hybridized carbons (Fsp3) is 0.667. The van der Waals surface area contributed by atoms with Crippen LogP contribution in [0.15, 0.2) is 29.4 Å². The molecule has 4 aliphatic rings. The lowest BCUT2D eigenvalue weighted by molar-refractivity contribution is -0.145. The fourth-order valence-corrected chi connectivity index (χ4v) is 8.24. The molecule has 7 atom stereocenters. The molecular formula is C36H49ClN4O6. The Hall–Kier alpha value is -3.27. The van der Waals surface area contributed by atoms with Gasteiger partial charge in [-0.25, -0.2) is 0 Å². The van der Waals surface area contributed by atoms with Gasteiger partial charge in [0.25, 0.3) is 0 Å². The second-order valence-electron chi connectivity index (χ2n) is 15.2. The van der Waals surface area contributed by atoms with Gasteiger partial charge in [-0.15, -0.1) is 0 Å². The number of rotatable bonds is 12. The van der Waals surface area contributed by atoms with E-state index in [1.165, 1.54) is 24.2 Å². The molecule has 256 valence electrons. The number of likely N-dealkylation sites (tertiary alicyclic amines) is 1. The van der Waals surface area contributed by atoms with Crippen molar-refractivity contribution in [3.63, 3.8) is 0 Å². The Morgan fingerprint density at radius 1 is 1.11 bits per heavy atom. The third kappa shape index (κ3) is 7.74. The zero-order valence-corrected chi connectivity index (χ0v) is 29.0. The molecule has 2 heterocycles. The number of fused-ring (bicyclic) bond motifs is 2. The predicted molar refractivity (Wildman–Crippen MR) is 179 cm³/mol. The van der Waals surface area contributed by atoms with Crippen molar-refractivity contribution in [1.29, 1.82) is 0 Å². The second-order valence-corrected chi connectivity index (χ2v) is 15.6. The first-order valence-corrected chi connectivity index (χ1v) is 17.6. The summed E-state index contributed by atoms with van der Waals surface area (Å²) in [5, 5.41) is 10.8. The van der Waals surface area contributed by atoms with Crippen LogP contribution < -0.4 is 10.6 Å². The summed E-state index contributed by atoms with van der Waals surface area (Å²) in [6.45, 7) is 9.23. The minimum absolute atomic E-state index is 0.0404. The zero-order chi connectivity index (χ0) is 34.1. The molecule has 2 aliphatic heterocycles. The zero-order valence-electron chi connectivity index (χ0n) is 28.3. The molecule has 3 unspecified atom stereocenters. The molecule has 1 spiro atoms. The monoisotopic (exact) mass is 668 g/mol. The van der Waals surface area contributed by atoms with Crippen LogP contribution in [0, 0.1) is 23.2 Å². The maximum absolute atomic E-state index is 14.5. The number of nitrogens with zero attached hydrogens (tertiary/aromatic N) is 2. The van der Waals surface area contributed by atoms with Gasteiger partial charge in [0, 0.05) is 36.3 Å². The van der Waals surface area contributed by atoms with Crippen LogP contribution in [0.3, 0.4) is 0 Å². The van der Waals surface area contributed by atoms with E-state index >= 15 is 0 Å². The Labute approximate surface area is 282 Å². The molecule has 3 amide bonds. The summed E-state index contributed by atoms with van der Waals surface area (Å²) in [5.74, 6) is -0.647. The number of Topliss-reactive ketones (excluding diaryl/α,β-unsaturated/α-hetero) is 2. The van der Waals surface area contributed by atoms with Crippen molar-refractivity contribution in [1.82, 2.24) is 15.5 Å². The second kappa shape index (κ2) is 14.1. The molecule has 2 bridgehead atoms. The van der Waals surface area contributed by atoms with Crippen LogP contribution in [0.25, 0.3) is 0 Å². The lowest BCUT2D eigenvalue weighted by Gasteiger charge is -2.36. The molecular weight excluding hydrogens is 620 g/mol.